The molecule has 0 radical (unpaired) electrons. The fourth-order valence-corrected chi connectivity index (χ4v) is 7.27. The Hall–Kier alpha value is -1.71. The number of carbonyl (C=O) groups excluding carboxylic acids is 1. The lowest BCUT2D eigenvalue weighted by Crippen LogP contribution is -2.45. The first kappa shape index (κ1) is 30.3. The number of benzene rings is 1. The molecule has 0 aliphatic carbocycles. The molecule has 2 aromatic rings. The minimum Gasteiger partial charge on any atom is -0.385 e. The molecule has 39 heavy (non-hydrogen) atoms. The summed E-state index contributed by atoms with van der Waals surface area (Å²) >= 11 is 13.2. The summed E-state index contributed by atoms with van der Waals surface area (Å²) in [6.45, 7) is 9.89. The molecule has 2 aliphatic rings. The predicted molar refractivity (Wildman–Crippen MR) is 158 cm³/mol. The van der Waals surface area contributed by atoms with Crippen LogP contribution in [-0.4, -0.2) is 60.6 Å². The molecule has 0 bridgehead atoms. The number of piperidine rings is 1. The number of rotatable bonds is 9. The van der Waals surface area contributed by atoms with Crippen LogP contribution in [0.5, 0.6) is 0 Å². The van der Waals surface area contributed by atoms with Crippen LogP contribution in [0.3, 0.4) is 0 Å². The smallest absolute Gasteiger partial charge is 0.216 e. The number of halogens is 2. The summed E-state index contributed by atoms with van der Waals surface area (Å²) in [4.78, 5) is 17.6. The molecule has 0 amide bonds. The summed E-state index contributed by atoms with van der Waals surface area (Å²) < 4.78 is 32.6. The van der Waals surface area contributed by atoms with Gasteiger partial charge in [0.2, 0.25) is 10.0 Å². The number of ether oxygens (including phenoxy) is 1. The van der Waals surface area contributed by atoms with Gasteiger partial charge in [0, 0.05) is 72.3 Å². The molecule has 0 unspecified atom stereocenters. The van der Waals surface area contributed by atoms with Gasteiger partial charge in [-0.05, 0) is 83.6 Å². The van der Waals surface area contributed by atoms with E-state index in [1.54, 1.807) is 20.0 Å². The van der Waals surface area contributed by atoms with Crippen molar-refractivity contribution in [3.05, 3.63) is 46.2 Å². The lowest BCUT2D eigenvalue weighted by atomic mass is 9.88. The van der Waals surface area contributed by atoms with E-state index in [9.17, 15) is 13.2 Å². The third kappa shape index (κ3) is 7.53. The Kier molecular flexibility index (Phi) is 9.65. The maximum Gasteiger partial charge on any atom is 0.216 e. The molecule has 0 spiro atoms. The van der Waals surface area contributed by atoms with Crippen molar-refractivity contribution >= 4 is 44.7 Å². The number of carbonyl (C=O) groups is 1. The number of pyridine rings is 1. The number of ketones is 1. The fraction of sp³-hybridized carbons (Fsp3) is 0.586. The van der Waals surface area contributed by atoms with Crippen LogP contribution >= 0.6 is 23.2 Å². The van der Waals surface area contributed by atoms with E-state index in [4.69, 9.17) is 27.9 Å². The Morgan fingerprint density at radius 3 is 2.64 bits per heavy atom. The van der Waals surface area contributed by atoms with E-state index in [0.29, 0.717) is 46.6 Å². The number of aromatic nitrogens is 1. The lowest BCUT2D eigenvalue weighted by molar-refractivity contribution is -0.123. The van der Waals surface area contributed by atoms with Gasteiger partial charge < -0.3 is 10.1 Å². The summed E-state index contributed by atoms with van der Waals surface area (Å²) in [5, 5.41) is 4.04. The second kappa shape index (κ2) is 12.4. The Morgan fingerprint density at radius 2 is 1.92 bits per heavy atom. The van der Waals surface area contributed by atoms with E-state index >= 15 is 0 Å². The molecule has 2 aliphatic heterocycles. The quantitative estimate of drug-likeness (QED) is 0.369. The van der Waals surface area contributed by atoms with Crippen LogP contribution in [0.4, 0.5) is 5.69 Å². The first-order chi connectivity index (χ1) is 18.4. The Labute approximate surface area is 242 Å². The van der Waals surface area contributed by atoms with Crippen molar-refractivity contribution in [2.24, 2.45) is 11.8 Å². The minimum atomic E-state index is -3.39. The zero-order valence-corrected chi connectivity index (χ0v) is 25.5. The molecule has 2 saturated heterocycles. The molecule has 1 aromatic carbocycles. The molecule has 2 atom stereocenters. The van der Waals surface area contributed by atoms with Crippen molar-refractivity contribution in [2.75, 3.05) is 31.6 Å². The second-order valence-electron chi connectivity index (χ2n) is 11.6. The van der Waals surface area contributed by atoms with Crippen LogP contribution in [0, 0.1) is 11.8 Å². The van der Waals surface area contributed by atoms with E-state index < -0.39 is 15.3 Å². The van der Waals surface area contributed by atoms with Gasteiger partial charge in [0.05, 0.1) is 15.9 Å². The van der Waals surface area contributed by atoms with E-state index in [-0.39, 0.29) is 30.3 Å². The van der Waals surface area contributed by atoms with Crippen molar-refractivity contribution in [3.63, 3.8) is 0 Å². The van der Waals surface area contributed by atoms with Gasteiger partial charge in [-0.2, -0.15) is 0 Å². The molecule has 1 N–H and O–H groups in total. The molecule has 10 heteroatoms. The van der Waals surface area contributed by atoms with E-state index in [1.807, 2.05) is 24.3 Å². The summed E-state index contributed by atoms with van der Waals surface area (Å²) in [6.07, 6.45) is 5.02. The van der Waals surface area contributed by atoms with Gasteiger partial charge in [-0.25, -0.2) is 12.7 Å². The van der Waals surface area contributed by atoms with Crippen LogP contribution in [0.25, 0.3) is 11.1 Å². The van der Waals surface area contributed by atoms with Gasteiger partial charge in [-0.15, -0.1) is 0 Å². The highest BCUT2D eigenvalue weighted by Gasteiger charge is 2.34. The summed E-state index contributed by atoms with van der Waals surface area (Å²) in [5.41, 5.74) is 2.90. The molecule has 214 valence electrons. The molecule has 7 nitrogen and oxygen atoms in total. The van der Waals surface area contributed by atoms with Crippen LogP contribution in [0.1, 0.15) is 59.1 Å². The normalized spacial score (nSPS) is 22.1. The van der Waals surface area contributed by atoms with Gasteiger partial charge in [0.25, 0.3) is 0 Å². The number of sulfonamides is 1. The highest BCUT2D eigenvalue weighted by Crippen LogP contribution is 2.36. The standard InChI is InChI=1S/C29H39Cl2N3O4S/c1-19(2)39(36,37)34-10-5-6-21(18-34)28(35)14-23-13-25(27(31)17-33-23)24-12-22(7-8-26(24)30)32-16-20-9-11-38-29(3,4)15-20/h7-8,12-13,17,19-21,32H,5-6,9-11,14-16,18H2,1-4H3/t20-,21-/m0/s1. The predicted octanol–water partition coefficient (Wildman–Crippen LogP) is 6.23. The number of anilines is 1. The maximum absolute atomic E-state index is 13.2. The lowest BCUT2D eigenvalue weighted by Gasteiger charge is -2.35. The summed E-state index contributed by atoms with van der Waals surface area (Å²) in [6, 6.07) is 7.60. The zero-order valence-electron chi connectivity index (χ0n) is 23.2. The van der Waals surface area contributed by atoms with E-state index in [0.717, 1.165) is 37.2 Å². The van der Waals surface area contributed by atoms with Crippen LogP contribution in [0.2, 0.25) is 10.0 Å². The Morgan fingerprint density at radius 1 is 1.18 bits per heavy atom. The first-order valence-electron chi connectivity index (χ1n) is 13.7. The molecule has 0 saturated carbocycles. The number of hydrogen-bond donors (Lipinski definition) is 1. The van der Waals surface area contributed by atoms with Gasteiger partial charge >= 0.3 is 0 Å². The largest absolute Gasteiger partial charge is 0.385 e. The number of nitrogens with zero attached hydrogens (tertiary/aromatic N) is 2. The zero-order chi connectivity index (χ0) is 28.4. The number of nitrogens with one attached hydrogen (secondary N) is 1. The third-order valence-electron chi connectivity index (χ3n) is 7.71. The van der Waals surface area contributed by atoms with Crippen molar-refractivity contribution < 1.29 is 17.9 Å². The minimum absolute atomic E-state index is 0.0136. The van der Waals surface area contributed by atoms with Crippen LogP contribution in [0.15, 0.2) is 30.5 Å². The topological polar surface area (TPSA) is 88.6 Å². The van der Waals surface area contributed by atoms with E-state index in [1.165, 1.54) is 4.31 Å². The molecule has 3 heterocycles. The van der Waals surface area contributed by atoms with Gasteiger partial charge in [0.1, 0.15) is 5.78 Å². The third-order valence-corrected chi connectivity index (χ3v) is 10.6. The molecule has 4 rings (SSSR count). The first-order valence-corrected chi connectivity index (χ1v) is 16.0. The highest BCUT2D eigenvalue weighted by molar-refractivity contribution is 7.89. The Bertz CT molecular complexity index is 1300. The SMILES string of the molecule is CC(C)S(=O)(=O)N1CCC[C@H](C(=O)Cc2cc(-c3cc(NC[C@H]4CCOC(C)(C)C4)ccc3Cl)c(Cl)cn2)C1. The molecular formula is C29H39Cl2N3O4S. The van der Waals surface area contributed by atoms with Crippen molar-refractivity contribution in [1.29, 1.82) is 0 Å². The van der Waals surface area contributed by atoms with Crippen molar-refractivity contribution in [2.45, 2.75) is 70.7 Å². The van der Waals surface area contributed by atoms with Crippen molar-refractivity contribution in [1.82, 2.24) is 9.29 Å². The molecule has 1 aromatic heterocycles. The second-order valence-corrected chi connectivity index (χ2v) is 14.9. The molecule has 2 fully saturated rings. The van der Waals surface area contributed by atoms with E-state index in [2.05, 4.69) is 24.1 Å². The average Bonchev–Trinajstić information content (AvgIpc) is 2.89. The van der Waals surface area contributed by atoms with Crippen molar-refractivity contribution in [3.8, 4) is 11.1 Å². The van der Waals surface area contributed by atoms with Crippen LogP contribution in [-0.2, 0) is 26.0 Å². The fourth-order valence-electron chi connectivity index (χ4n) is 5.48. The number of Topliss-reactive ketones (excluding diaryl/α,β-unsaturated/α-hetero) is 1. The van der Waals surface area contributed by atoms with Gasteiger partial charge in [-0.3, -0.25) is 9.78 Å². The Balaban J connectivity index is 1.47. The molecular weight excluding hydrogens is 557 g/mol. The average molecular weight is 597 g/mol. The number of hydrogen-bond acceptors (Lipinski definition) is 6. The monoisotopic (exact) mass is 595 g/mol. The maximum atomic E-state index is 13.2. The summed E-state index contributed by atoms with van der Waals surface area (Å²) in [7, 11) is -3.39. The van der Waals surface area contributed by atoms with Gasteiger partial charge in [0.15, 0.2) is 0 Å². The van der Waals surface area contributed by atoms with Crippen LogP contribution < -0.4 is 5.32 Å². The van der Waals surface area contributed by atoms with Gasteiger partial charge in [-0.1, -0.05) is 23.2 Å². The highest BCUT2D eigenvalue weighted by atomic mass is 35.5. The summed E-state index contributed by atoms with van der Waals surface area (Å²) in [5.74, 6) is 0.154.